The number of nitrogens with one attached hydrogen (secondary N) is 2. The molecule has 25 heavy (non-hydrogen) atoms. The zero-order valence-electron chi connectivity index (χ0n) is 13.9. The minimum absolute atomic E-state index is 0.0549. The van der Waals surface area contributed by atoms with Crippen molar-refractivity contribution >= 4 is 38.8 Å². The molecule has 2 heterocycles. The second kappa shape index (κ2) is 7.49. The van der Waals surface area contributed by atoms with E-state index in [0.29, 0.717) is 23.7 Å². The molecule has 136 valence electrons. The van der Waals surface area contributed by atoms with Crippen molar-refractivity contribution < 1.29 is 13.2 Å². The second-order valence-electron chi connectivity index (χ2n) is 6.25. The predicted molar refractivity (Wildman–Crippen MR) is 100 cm³/mol. The summed E-state index contributed by atoms with van der Waals surface area (Å²) >= 11 is 7.57. The Balaban J connectivity index is 1.74. The number of halogens is 1. The van der Waals surface area contributed by atoms with Gasteiger partial charge in [-0.15, -0.1) is 11.3 Å². The van der Waals surface area contributed by atoms with Gasteiger partial charge in [-0.05, 0) is 44.9 Å². The van der Waals surface area contributed by atoms with Gasteiger partial charge in [0.15, 0.2) is 5.82 Å². The third-order valence-electron chi connectivity index (χ3n) is 3.98. The maximum Gasteiger partial charge on any atom is 0.263 e. The van der Waals surface area contributed by atoms with Crippen LogP contribution in [0.15, 0.2) is 34.0 Å². The van der Waals surface area contributed by atoms with E-state index in [2.05, 4.69) is 28.9 Å². The molecule has 0 radical (unpaired) electrons. The molecule has 2 aromatic rings. The Labute approximate surface area is 156 Å². The van der Waals surface area contributed by atoms with Crippen LogP contribution in [-0.4, -0.2) is 31.6 Å². The zero-order chi connectivity index (χ0) is 18.0. The number of benzene rings is 1. The minimum Gasteiger partial charge on any atom is -0.489 e. The first kappa shape index (κ1) is 18.4. The van der Waals surface area contributed by atoms with Gasteiger partial charge in [0.1, 0.15) is 11.9 Å². The Morgan fingerprint density at radius 2 is 2.04 bits per heavy atom. The summed E-state index contributed by atoms with van der Waals surface area (Å²) in [5, 5.41) is 5.35. The lowest BCUT2D eigenvalue weighted by Gasteiger charge is -2.33. The van der Waals surface area contributed by atoms with Gasteiger partial charge in [-0.1, -0.05) is 11.6 Å². The van der Waals surface area contributed by atoms with Crippen LogP contribution in [0.4, 0.5) is 5.82 Å². The molecule has 1 aromatic heterocycles. The number of ether oxygens (including phenoxy) is 1. The van der Waals surface area contributed by atoms with Gasteiger partial charge in [0.25, 0.3) is 10.0 Å². The van der Waals surface area contributed by atoms with E-state index in [0.717, 1.165) is 12.8 Å². The summed E-state index contributed by atoms with van der Waals surface area (Å²) in [6.45, 7) is 4.24. The fourth-order valence-corrected chi connectivity index (χ4v) is 4.86. The van der Waals surface area contributed by atoms with Crippen molar-refractivity contribution in [1.82, 2.24) is 10.3 Å². The van der Waals surface area contributed by atoms with Crippen LogP contribution in [0.1, 0.15) is 26.7 Å². The van der Waals surface area contributed by atoms with E-state index >= 15 is 0 Å². The molecule has 1 unspecified atom stereocenters. The summed E-state index contributed by atoms with van der Waals surface area (Å²) < 4.78 is 33.2. The van der Waals surface area contributed by atoms with Gasteiger partial charge in [-0.2, -0.15) is 0 Å². The van der Waals surface area contributed by atoms with Crippen molar-refractivity contribution in [2.45, 2.75) is 49.8 Å². The summed E-state index contributed by atoms with van der Waals surface area (Å²) in [5.41, 5.74) is 1.56. The summed E-state index contributed by atoms with van der Waals surface area (Å²) in [7, 11) is -3.73. The molecular formula is C16H20ClN3O3S2. The first-order valence-electron chi connectivity index (χ1n) is 7.97. The molecule has 6 nitrogen and oxygen atoms in total. The van der Waals surface area contributed by atoms with Crippen LogP contribution in [0.5, 0.6) is 5.75 Å². The number of rotatable bonds is 5. The van der Waals surface area contributed by atoms with Crippen LogP contribution in [-0.2, 0) is 10.0 Å². The Bertz CT molecular complexity index is 817. The number of thiazole rings is 1. The fourth-order valence-electron chi connectivity index (χ4n) is 2.99. The number of nitrogens with zero attached hydrogens (tertiary/aromatic N) is 1. The Morgan fingerprint density at radius 3 is 2.64 bits per heavy atom. The van der Waals surface area contributed by atoms with Gasteiger partial charge >= 0.3 is 0 Å². The van der Waals surface area contributed by atoms with Gasteiger partial charge in [-0.25, -0.2) is 13.4 Å². The lowest BCUT2D eigenvalue weighted by Crippen LogP contribution is -2.46. The van der Waals surface area contributed by atoms with Crippen molar-refractivity contribution in [3.63, 3.8) is 0 Å². The van der Waals surface area contributed by atoms with Crippen molar-refractivity contribution in [3.05, 3.63) is 34.1 Å². The summed E-state index contributed by atoms with van der Waals surface area (Å²) in [6, 6.07) is 5.24. The van der Waals surface area contributed by atoms with Crippen LogP contribution < -0.4 is 14.8 Å². The highest BCUT2D eigenvalue weighted by Gasteiger charge is 2.25. The fraction of sp³-hybridized carbons (Fsp3) is 0.438. The average Bonchev–Trinajstić information content (AvgIpc) is 3.00. The lowest BCUT2D eigenvalue weighted by atomic mass is 9.98. The Morgan fingerprint density at radius 1 is 1.32 bits per heavy atom. The highest BCUT2D eigenvalue weighted by Crippen LogP contribution is 2.31. The first-order chi connectivity index (χ1) is 11.8. The first-order valence-corrected chi connectivity index (χ1v) is 10.8. The van der Waals surface area contributed by atoms with E-state index in [9.17, 15) is 8.42 Å². The molecule has 3 rings (SSSR count). The maximum absolute atomic E-state index is 12.4. The molecule has 0 amide bonds. The van der Waals surface area contributed by atoms with Gasteiger partial charge in [0.05, 0.1) is 15.4 Å². The van der Waals surface area contributed by atoms with Crippen LogP contribution >= 0.6 is 22.9 Å². The quantitative estimate of drug-likeness (QED) is 0.801. The van der Waals surface area contributed by atoms with Crippen LogP contribution in [0.2, 0.25) is 5.02 Å². The van der Waals surface area contributed by atoms with Crippen molar-refractivity contribution in [1.29, 1.82) is 0 Å². The molecule has 3 atom stereocenters. The van der Waals surface area contributed by atoms with E-state index in [4.69, 9.17) is 16.3 Å². The summed E-state index contributed by atoms with van der Waals surface area (Å²) in [6.07, 6.45) is 1.82. The largest absolute Gasteiger partial charge is 0.489 e. The number of anilines is 1. The minimum atomic E-state index is -3.73. The molecule has 0 aliphatic carbocycles. The van der Waals surface area contributed by atoms with Gasteiger partial charge < -0.3 is 10.1 Å². The van der Waals surface area contributed by atoms with Crippen LogP contribution in [0.25, 0.3) is 0 Å². The zero-order valence-corrected chi connectivity index (χ0v) is 16.3. The molecular weight excluding hydrogens is 382 g/mol. The molecule has 1 aromatic carbocycles. The summed E-state index contributed by atoms with van der Waals surface area (Å²) in [4.78, 5) is 4.00. The standard InChI is InChI=1S/C16H20ClN3O3S2/c1-10-5-12(6-11(2)19-10)23-15-4-3-13(7-14(15)17)25(21,22)20-16-8-24-9-18-16/h3-4,7-12,19-20H,5-6H2,1-2H3/t10-,11+,12?. The number of hydrogen-bond donors (Lipinski definition) is 2. The number of hydrogen-bond acceptors (Lipinski definition) is 6. The topological polar surface area (TPSA) is 80.3 Å². The molecule has 0 spiro atoms. The SMILES string of the molecule is C[C@@H]1CC(Oc2ccc(S(=O)(=O)Nc3cscn3)cc2Cl)C[C@H](C)N1. The molecule has 9 heteroatoms. The highest BCUT2D eigenvalue weighted by molar-refractivity contribution is 7.92. The maximum atomic E-state index is 12.4. The van der Waals surface area contributed by atoms with E-state index in [-0.39, 0.29) is 16.0 Å². The summed E-state index contributed by atoms with van der Waals surface area (Å²) in [5.74, 6) is 0.791. The molecule has 0 bridgehead atoms. The molecule has 0 saturated carbocycles. The van der Waals surface area contributed by atoms with Crippen molar-refractivity contribution in [2.75, 3.05) is 4.72 Å². The third kappa shape index (κ3) is 4.63. The van der Waals surface area contributed by atoms with Crippen molar-refractivity contribution in [3.8, 4) is 5.75 Å². The molecule has 1 aliphatic heterocycles. The average molecular weight is 402 g/mol. The molecule has 2 N–H and O–H groups in total. The van der Waals surface area contributed by atoms with E-state index < -0.39 is 10.0 Å². The Kier molecular flexibility index (Phi) is 5.52. The monoisotopic (exact) mass is 401 g/mol. The smallest absolute Gasteiger partial charge is 0.263 e. The van der Waals surface area contributed by atoms with Crippen molar-refractivity contribution in [2.24, 2.45) is 0 Å². The van der Waals surface area contributed by atoms with Gasteiger partial charge in [0, 0.05) is 17.5 Å². The predicted octanol–water partition coefficient (Wildman–Crippen LogP) is 3.51. The van der Waals surface area contributed by atoms with E-state index in [1.54, 1.807) is 17.0 Å². The molecule has 1 fully saturated rings. The number of piperidine rings is 1. The molecule has 1 aliphatic rings. The number of aromatic nitrogens is 1. The Hall–Kier alpha value is -1.35. The van der Waals surface area contributed by atoms with Crippen LogP contribution in [0.3, 0.4) is 0 Å². The third-order valence-corrected chi connectivity index (χ3v) is 6.21. The second-order valence-corrected chi connectivity index (χ2v) is 9.06. The number of sulfonamides is 1. The highest BCUT2D eigenvalue weighted by atomic mass is 35.5. The van der Waals surface area contributed by atoms with Gasteiger partial charge in [0.2, 0.25) is 0 Å². The molecule has 1 saturated heterocycles. The van der Waals surface area contributed by atoms with Gasteiger partial charge in [-0.3, -0.25) is 4.72 Å². The van der Waals surface area contributed by atoms with E-state index in [1.165, 1.54) is 23.5 Å². The lowest BCUT2D eigenvalue weighted by molar-refractivity contribution is 0.124. The normalized spacial score (nSPS) is 24.0. The van der Waals surface area contributed by atoms with E-state index in [1.807, 2.05) is 0 Å². The van der Waals surface area contributed by atoms with Crippen LogP contribution in [0, 0.1) is 0 Å².